The number of benzene rings is 2. The Morgan fingerprint density at radius 1 is 1.16 bits per heavy atom. The maximum absolute atomic E-state index is 13.5. The van der Waals surface area contributed by atoms with Crippen LogP contribution in [-0.2, 0) is 11.3 Å². The van der Waals surface area contributed by atoms with Crippen LogP contribution in [-0.4, -0.2) is 68.0 Å². The van der Waals surface area contributed by atoms with E-state index in [1.165, 1.54) is 35.2 Å². The normalized spacial score (nSPS) is 20.6. The molecular weight excluding hydrogens is 580 g/mol. The minimum atomic E-state index is -2.60. The van der Waals surface area contributed by atoms with Crippen molar-refractivity contribution >= 4 is 28.5 Å². The van der Waals surface area contributed by atoms with Gasteiger partial charge in [0.05, 0.1) is 36.3 Å². The number of ether oxygens (including phenoxy) is 1. The summed E-state index contributed by atoms with van der Waals surface area (Å²) in [4.78, 5) is 32.5. The Bertz CT molecular complexity index is 1670. The van der Waals surface area contributed by atoms with Gasteiger partial charge in [0.25, 0.3) is 17.9 Å². The van der Waals surface area contributed by atoms with Gasteiger partial charge in [0.15, 0.2) is 5.65 Å². The van der Waals surface area contributed by atoms with Crippen molar-refractivity contribution in [2.45, 2.75) is 50.5 Å². The van der Waals surface area contributed by atoms with Gasteiger partial charge in [0.1, 0.15) is 11.5 Å². The molecule has 2 aliphatic heterocycles. The lowest BCUT2D eigenvalue weighted by molar-refractivity contribution is -0.0299. The summed E-state index contributed by atoms with van der Waals surface area (Å²) in [5.41, 5.74) is 0.871. The average Bonchev–Trinajstić information content (AvgIpc) is 3.35. The Morgan fingerprint density at radius 3 is 2.49 bits per heavy atom. The van der Waals surface area contributed by atoms with E-state index in [1.807, 2.05) is 31.2 Å². The minimum absolute atomic E-state index is 0.00641. The highest BCUT2D eigenvalue weighted by atomic mass is 35.5. The highest BCUT2D eigenvalue weighted by Crippen LogP contribution is 2.29. The van der Waals surface area contributed by atoms with E-state index >= 15 is 0 Å². The summed E-state index contributed by atoms with van der Waals surface area (Å²) in [6.45, 7) is 3.93. The van der Waals surface area contributed by atoms with E-state index in [9.17, 15) is 23.5 Å². The number of rotatable bonds is 6. The van der Waals surface area contributed by atoms with E-state index in [1.54, 1.807) is 15.5 Å². The summed E-state index contributed by atoms with van der Waals surface area (Å²) < 4.78 is 34.6. The molecule has 2 aromatic carbocycles. The molecule has 0 spiro atoms. The van der Waals surface area contributed by atoms with Gasteiger partial charge in [-0.05, 0) is 55.7 Å². The third kappa shape index (κ3) is 5.95. The number of fused-ring (bicyclic) bond motifs is 1. The van der Waals surface area contributed by atoms with Crippen LogP contribution in [0, 0.1) is 0 Å². The number of carbonyl (C=O) groups excluding carboxylic acids is 1. The van der Waals surface area contributed by atoms with Crippen molar-refractivity contribution in [3.8, 4) is 5.69 Å². The molecule has 2 saturated heterocycles. The zero-order chi connectivity index (χ0) is 30.3. The molecule has 0 bridgehead atoms. The number of hydrogen-bond donors (Lipinski definition) is 2. The fraction of sp³-hybridized carbons (Fsp3) is 0.387. The Balaban J connectivity index is 1.15. The summed E-state index contributed by atoms with van der Waals surface area (Å²) in [6, 6.07) is 14.8. The number of nitrogens with zero attached hydrogens (tertiary/aromatic N) is 4. The minimum Gasteiger partial charge on any atom is -0.388 e. The van der Waals surface area contributed by atoms with Gasteiger partial charge < -0.3 is 20.1 Å². The van der Waals surface area contributed by atoms with Crippen molar-refractivity contribution in [3.05, 3.63) is 93.1 Å². The van der Waals surface area contributed by atoms with E-state index in [4.69, 9.17) is 16.3 Å². The Labute approximate surface area is 251 Å². The summed E-state index contributed by atoms with van der Waals surface area (Å²) >= 11 is 6.59. The van der Waals surface area contributed by atoms with Gasteiger partial charge in [0.2, 0.25) is 0 Å². The van der Waals surface area contributed by atoms with Crippen LogP contribution in [0.5, 0.6) is 0 Å². The standard InChI is InChI=1S/C31H32ClF2N5O4/c1-19-15-35-25(16-43-19)20-6-8-23(9-7-20)39-26(32)14-24-28(39)36-18-38(30(24)41)17-31(42)10-12-37(13-11-31)29(40)22-4-2-21(3-5-22)27(33)34/h2-9,14,18-19,25,27,35,42H,10-13,15-17H2,1H3/t19-,25-/m0/s1. The first kappa shape index (κ1) is 29.4. The fourth-order valence-corrected chi connectivity index (χ4v) is 6.04. The molecule has 2 fully saturated rings. The number of alkyl halides is 2. The fourth-order valence-electron chi connectivity index (χ4n) is 5.76. The molecule has 0 saturated carbocycles. The van der Waals surface area contributed by atoms with Gasteiger partial charge in [-0.3, -0.25) is 18.7 Å². The van der Waals surface area contributed by atoms with Gasteiger partial charge in [-0.15, -0.1) is 0 Å². The molecule has 1 amide bonds. The largest absolute Gasteiger partial charge is 0.388 e. The van der Waals surface area contributed by atoms with Crippen LogP contribution < -0.4 is 10.9 Å². The Morgan fingerprint density at radius 2 is 1.86 bits per heavy atom. The monoisotopic (exact) mass is 611 g/mol. The number of nitrogens with one attached hydrogen (secondary N) is 1. The molecule has 0 unspecified atom stereocenters. The molecule has 9 nitrogen and oxygen atoms in total. The first-order valence-electron chi connectivity index (χ1n) is 14.2. The van der Waals surface area contributed by atoms with E-state index < -0.39 is 12.0 Å². The molecule has 2 aliphatic rings. The Hall–Kier alpha value is -3.64. The van der Waals surface area contributed by atoms with Gasteiger partial charge in [0, 0.05) is 36.4 Å². The summed E-state index contributed by atoms with van der Waals surface area (Å²) in [5.74, 6) is -0.287. The third-order valence-electron chi connectivity index (χ3n) is 8.35. The predicted molar refractivity (Wildman–Crippen MR) is 158 cm³/mol. The van der Waals surface area contributed by atoms with E-state index in [0.29, 0.717) is 28.4 Å². The first-order chi connectivity index (χ1) is 20.6. The molecule has 226 valence electrons. The molecule has 12 heteroatoms. The van der Waals surface area contributed by atoms with E-state index in [0.717, 1.165) is 17.8 Å². The van der Waals surface area contributed by atoms with Gasteiger partial charge in [-0.1, -0.05) is 35.9 Å². The summed E-state index contributed by atoms with van der Waals surface area (Å²) in [6.07, 6.45) is -0.522. The van der Waals surface area contributed by atoms with E-state index in [2.05, 4.69) is 10.3 Å². The van der Waals surface area contributed by atoms with Crippen molar-refractivity contribution in [2.75, 3.05) is 26.2 Å². The molecule has 0 aliphatic carbocycles. The van der Waals surface area contributed by atoms with Crippen molar-refractivity contribution in [2.24, 2.45) is 0 Å². The molecular formula is C31H32ClF2N5O4. The van der Waals surface area contributed by atoms with Gasteiger partial charge in [-0.2, -0.15) is 0 Å². The molecule has 4 aromatic rings. The van der Waals surface area contributed by atoms with Gasteiger partial charge >= 0.3 is 0 Å². The number of likely N-dealkylation sites (tertiary alicyclic amines) is 1. The molecule has 43 heavy (non-hydrogen) atoms. The number of carbonyl (C=O) groups is 1. The van der Waals surface area contributed by atoms with Crippen molar-refractivity contribution in [1.29, 1.82) is 0 Å². The molecule has 2 N–H and O–H groups in total. The third-order valence-corrected chi connectivity index (χ3v) is 8.63. The quantitative estimate of drug-likeness (QED) is 0.333. The second-order valence-corrected chi connectivity index (χ2v) is 11.7. The number of piperidine rings is 1. The topological polar surface area (TPSA) is 102 Å². The molecule has 2 atom stereocenters. The molecule has 0 radical (unpaired) electrons. The lowest BCUT2D eigenvalue weighted by Gasteiger charge is -2.38. The van der Waals surface area contributed by atoms with Crippen LogP contribution in [0.4, 0.5) is 8.78 Å². The van der Waals surface area contributed by atoms with E-state index in [-0.39, 0.29) is 61.7 Å². The first-order valence-corrected chi connectivity index (χ1v) is 14.6. The number of morpholine rings is 1. The second-order valence-electron chi connectivity index (χ2n) is 11.4. The van der Waals surface area contributed by atoms with Crippen LogP contribution in [0.15, 0.2) is 65.7 Å². The number of hydrogen-bond acceptors (Lipinski definition) is 6. The van der Waals surface area contributed by atoms with Gasteiger partial charge in [-0.25, -0.2) is 13.8 Å². The smallest absolute Gasteiger partial charge is 0.263 e. The molecule has 4 heterocycles. The van der Waals surface area contributed by atoms with Crippen molar-refractivity contribution in [3.63, 3.8) is 0 Å². The second kappa shape index (κ2) is 11.8. The zero-order valence-corrected chi connectivity index (χ0v) is 24.3. The predicted octanol–water partition coefficient (Wildman–Crippen LogP) is 4.49. The maximum atomic E-state index is 13.5. The van der Waals surface area contributed by atoms with Crippen LogP contribution >= 0.6 is 11.6 Å². The average molecular weight is 612 g/mol. The van der Waals surface area contributed by atoms with Crippen LogP contribution in [0.3, 0.4) is 0 Å². The van der Waals surface area contributed by atoms with Crippen molar-refractivity contribution < 1.29 is 23.4 Å². The Kier molecular flexibility index (Phi) is 8.08. The number of aromatic nitrogens is 3. The van der Waals surface area contributed by atoms with Crippen LogP contribution in [0.1, 0.15) is 53.7 Å². The molecule has 2 aromatic heterocycles. The number of halogens is 3. The highest BCUT2D eigenvalue weighted by Gasteiger charge is 2.35. The lowest BCUT2D eigenvalue weighted by atomic mass is 9.91. The summed E-state index contributed by atoms with van der Waals surface area (Å²) in [7, 11) is 0. The lowest BCUT2D eigenvalue weighted by Crippen LogP contribution is -2.49. The van der Waals surface area contributed by atoms with Crippen LogP contribution in [0.25, 0.3) is 16.7 Å². The zero-order valence-electron chi connectivity index (χ0n) is 23.6. The van der Waals surface area contributed by atoms with Crippen LogP contribution in [0.2, 0.25) is 5.15 Å². The molecule has 6 rings (SSSR count). The highest BCUT2D eigenvalue weighted by molar-refractivity contribution is 6.31. The number of amides is 1. The SMILES string of the molecule is C[C@H]1CN[C@H](c2ccc(-n3c(Cl)cc4c(=O)n(CC5(O)CCN(C(=O)c6ccc(C(F)F)cc6)CC5)cnc43)cc2)CO1. The summed E-state index contributed by atoms with van der Waals surface area (Å²) in [5, 5.41) is 15.5. The van der Waals surface area contributed by atoms with Crippen molar-refractivity contribution in [1.82, 2.24) is 24.3 Å². The maximum Gasteiger partial charge on any atom is 0.263 e. The number of aliphatic hydroxyl groups is 1.